The van der Waals surface area contributed by atoms with Crippen LogP contribution in [0.3, 0.4) is 0 Å². The molecular formula is C16H19F3IN5O. The first-order valence-corrected chi connectivity index (χ1v) is 7.72. The number of aromatic nitrogens is 2. The minimum atomic E-state index is -4.52. The average molecular weight is 481 g/mol. The number of ether oxygens (including phenoxy) is 1. The first-order valence-electron chi connectivity index (χ1n) is 7.72. The fraction of sp³-hybridized carbons (Fsp3) is 0.375. The molecule has 3 rings (SSSR count). The van der Waals surface area contributed by atoms with Gasteiger partial charge in [-0.25, -0.2) is 4.99 Å². The second-order valence-corrected chi connectivity index (χ2v) is 5.75. The molecule has 3 N–H and O–H groups in total. The number of nitrogens with two attached hydrogens (primary N) is 1. The number of fused-ring (bicyclic) bond motifs is 1. The van der Waals surface area contributed by atoms with Gasteiger partial charge in [-0.2, -0.15) is 18.3 Å². The molecule has 0 saturated heterocycles. The van der Waals surface area contributed by atoms with Crippen molar-refractivity contribution in [2.75, 3.05) is 6.61 Å². The van der Waals surface area contributed by atoms with Gasteiger partial charge >= 0.3 is 6.18 Å². The summed E-state index contributed by atoms with van der Waals surface area (Å²) in [7, 11) is 1.43. The summed E-state index contributed by atoms with van der Waals surface area (Å²) < 4.78 is 45.5. The molecule has 0 saturated carbocycles. The molecule has 0 aliphatic carbocycles. The van der Waals surface area contributed by atoms with E-state index in [9.17, 15) is 13.2 Å². The van der Waals surface area contributed by atoms with Crippen LogP contribution in [-0.4, -0.2) is 22.3 Å². The SMILES string of the molecule is Cn1cc(CN=C(N)NC2CCOc3ccccc32)c(C(F)(F)F)n1.I. The van der Waals surface area contributed by atoms with Gasteiger partial charge in [-0.05, 0) is 6.07 Å². The average Bonchev–Trinajstić information content (AvgIpc) is 2.95. The van der Waals surface area contributed by atoms with Crippen LogP contribution in [0.15, 0.2) is 35.5 Å². The van der Waals surface area contributed by atoms with E-state index in [0.717, 1.165) is 16.0 Å². The van der Waals surface area contributed by atoms with Crippen molar-refractivity contribution >= 4 is 29.9 Å². The predicted octanol–water partition coefficient (Wildman–Crippen LogP) is 2.99. The van der Waals surface area contributed by atoms with E-state index in [1.807, 2.05) is 24.3 Å². The van der Waals surface area contributed by atoms with Crippen LogP contribution in [0.1, 0.15) is 29.3 Å². The normalized spacial score (nSPS) is 17.1. The highest BCUT2D eigenvalue weighted by Gasteiger charge is 2.36. The number of rotatable bonds is 3. The number of halogens is 4. The monoisotopic (exact) mass is 481 g/mol. The highest BCUT2D eigenvalue weighted by molar-refractivity contribution is 14.0. The smallest absolute Gasteiger partial charge is 0.435 e. The van der Waals surface area contributed by atoms with E-state index in [1.165, 1.54) is 13.2 Å². The number of aliphatic imine (C=N–C) groups is 1. The fourth-order valence-corrected chi connectivity index (χ4v) is 2.78. The maximum atomic E-state index is 12.9. The lowest BCUT2D eigenvalue weighted by Crippen LogP contribution is -2.37. The molecule has 26 heavy (non-hydrogen) atoms. The Morgan fingerprint density at radius 1 is 1.42 bits per heavy atom. The lowest BCUT2D eigenvalue weighted by atomic mass is 10.0. The second kappa shape index (κ2) is 8.14. The Morgan fingerprint density at radius 3 is 2.88 bits per heavy atom. The van der Waals surface area contributed by atoms with Gasteiger partial charge in [0.05, 0.1) is 19.2 Å². The molecule has 1 aliphatic rings. The van der Waals surface area contributed by atoms with Crippen LogP contribution in [0.25, 0.3) is 0 Å². The van der Waals surface area contributed by atoms with Crippen LogP contribution in [0.4, 0.5) is 13.2 Å². The highest BCUT2D eigenvalue weighted by atomic mass is 127. The summed E-state index contributed by atoms with van der Waals surface area (Å²) >= 11 is 0. The topological polar surface area (TPSA) is 77.5 Å². The second-order valence-electron chi connectivity index (χ2n) is 5.75. The molecule has 2 aromatic rings. The van der Waals surface area contributed by atoms with Gasteiger partial charge in [0, 0.05) is 30.8 Å². The van der Waals surface area contributed by atoms with Gasteiger partial charge in [-0.15, -0.1) is 24.0 Å². The Hall–Kier alpha value is -1.98. The summed E-state index contributed by atoms with van der Waals surface area (Å²) in [5.41, 5.74) is 5.85. The number of alkyl halides is 3. The van der Waals surface area contributed by atoms with Crippen LogP contribution in [0.5, 0.6) is 5.75 Å². The molecule has 1 aromatic heterocycles. The number of nitrogens with one attached hydrogen (secondary N) is 1. The third-order valence-corrected chi connectivity index (χ3v) is 3.87. The highest BCUT2D eigenvalue weighted by Crippen LogP contribution is 2.32. The molecule has 10 heteroatoms. The summed E-state index contributed by atoms with van der Waals surface area (Å²) in [6.07, 6.45) is -2.54. The van der Waals surface area contributed by atoms with Gasteiger partial charge < -0.3 is 15.8 Å². The van der Waals surface area contributed by atoms with Gasteiger partial charge in [0.2, 0.25) is 0 Å². The number of nitrogens with zero attached hydrogens (tertiary/aromatic N) is 3. The molecule has 1 aromatic carbocycles. The van der Waals surface area contributed by atoms with E-state index >= 15 is 0 Å². The Kier molecular flexibility index (Phi) is 6.37. The Labute approximate surface area is 165 Å². The summed E-state index contributed by atoms with van der Waals surface area (Å²) in [5.74, 6) is 0.851. The Morgan fingerprint density at radius 2 is 2.15 bits per heavy atom. The minimum Gasteiger partial charge on any atom is -0.493 e. The molecule has 1 atom stereocenters. The number of para-hydroxylation sites is 1. The van der Waals surface area contributed by atoms with Gasteiger partial charge in [0.15, 0.2) is 11.7 Å². The molecule has 2 heterocycles. The molecule has 1 aliphatic heterocycles. The van der Waals surface area contributed by atoms with Crippen molar-refractivity contribution in [1.29, 1.82) is 0 Å². The number of guanidine groups is 1. The first-order chi connectivity index (χ1) is 11.8. The molecule has 0 amide bonds. The Balaban J connectivity index is 0.00000243. The van der Waals surface area contributed by atoms with Gasteiger partial charge in [-0.3, -0.25) is 4.68 Å². The summed E-state index contributed by atoms with van der Waals surface area (Å²) in [4.78, 5) is 4.04. The van der Waals surface area contributed by atoms with E-state index in [0.29, 0.717) is 13.0 Å². The largest absolute Gasteiger partial charge is 0.493 e. The predicted molar refractivity (Wildman–Crippen MR) is 101 cm³/mol. The van der Waals surface area contributed by atoms with E-state index in [2.05, 4.69) is 15.4 Å². The van der Waals surface area contributed by atoms with Crippen molar-refractivity contribution in [3.05, 3.63) is 47.3 Å². The summed E-state index contributed by atoms with van der Waals surface area (Å²) in [6, 6.07) is 7.45. The quantitative estimate of drug-likeness (QED) is 0.402. The minimum absolute atomic E-state index is 0. The molecule has 142 valence electrons. The molecule has 0 fully saturated rings. The van der Waals surface area contributed by atoms with Crippen LogP contribution in [0, 0.1) is 0 Å². The van der Waals surface area contributed by atoms with Crippen LogP contribution < -0.4 is 15.8 Å². The van der Waals surface area contributed by atoms with Crippen molar-refractivity contribution in [3.8, 4) is 5.75 Å². The van der Waals surface area contributed by atoms with Gasteiger partial charge in [0.25, 0.3) is 0 Å². The van der Waals surface area contributed by atoms with E-state index in [1.54, 1.807) is 0 Å². The lowest BCUT2D eigenvalue weighted by Gasteiger charge is -2.26. The third-order valence-electron chi connectivity index (χ3n) is 3.87. The lowest BCUT2D eigenvalue weighted by molar-refractivity contribution is -0.142. The zero-order valence-corrected chi connectivity index (χ0v) is 16.3. The van der Waals surface area contributed by atoms with Crippen molar-refractivity contribution in [1.82, 2.24) is 15.1 Å². The molecule has 0 bridgehead atoms. The Bertz CT molecular complexity index is 790. The van der Waals surface area contributed by atoms with E-state index in [4.69, 9.17) is 10.5 Å². The van der Waals surface area contributed by atoms with Crippen LogP contribution in [-0.2, 0) is 19.8 Å². The van der Waals surface area contributed by atoms with Crippen LogP contribution in [0.2, 0.25) is 0 Å². The molecule has 0 spiro atoms. The number of aryl methyl sites for hydroxylation is 1. The van der Waals surface area contributed by atoms with Gasteiger partial charge in [0.1, 0.15) is 5.75 Å². The van der Waals surface area contributed by atoms with Crippen molar-refractivity contribution in [2.45, 2.75) is 25.2 Å². The number of hydrogen-bond acceptors (Lipinski definition) is 3. The van der Waals surface area contributed by atoms with E-state index < -0.39 is 11.9 Å². The van der Waals surface area contributed by atoms with Crippen molar-refractivity contribution in [2.24, 2.45) is 17.8 Å². The fourth-order valence-electron chi connectivity index (χ4n) is 2.78. The van der Waals surface area contributed by atoms with Gasteiger partial charge in [-0.1, -0.05) is 18.2 Å². The van der Waals surface area contributed by atoms with Crippen LogP contribution >= 0.6 is 24.0 Å². The molecule has 1 unspecified atom stereocenters. The summed E-state index contributed by atoms with van der Waals surface area (Å²) in [5, 5.41) is 6.50. The maximum Gasteiger partial charge on any atom is 0.435 e. The summed E-state index contributed by atoms with van der Waals surface area (Å²) in [6.45, 7) is 0.329. The number of benzene rings is 1. The third kappa shape index (κ3) is 4.59. The first kappa shape index (κ1) is 20.3. The molecule has 0 radical (unpaired) electrons. The zero-order chi connectivity index (χ0) is 18.0. The standard InChI is InChI=1S/C16H18F3N5O.HI/c1-24-9-10(14(23-24)16(17,18)19)8-21-15(20)22-12-6-7-25-13-5-3-2-4-11(12)13;/h2-5,9,12H,6-8H2,1H3,(H3,20,21,22);1H. The van der Waals surface area contributed by atoms with Crippen molar-refractivity contribution in [3.63, 3.8) is 0 Å². The van der Waals surface area contributed by atoms with E-state index in [-0.39, 0.29) is 48.1 Å². The maximum absolute atomic E-state index is 12.9. The van der Waals surface area contributed by atoms with Crippen molar-refractivity contribution < 1.29 is 17.9 Å². The molecular weight excluding hydrogens is 462 g/mol. The molecule has 6 nitrogen and oxygen atoms in total. The number of hydrogen-bond donors (Lipinski definition) is 2. The zero-order valence-electron chi connectivity index (χ0n) is 14.0.